The Kier molecular flexibility index (Phi) is 4.19. The van der Waals surface area contributed by atoms with Gasteiger partial charge in [0.1, 0.15) is 28.9 Å². The van der Waals surface area contributed by atoms with Crippen LogP contribution in [-0.2, 0) is 4.74 Å². The molecule has 0 aromatic heterocycles. The van der Waals surface area contributed by atoms with Gasteiger partial charge in [0.05, 0.1) is 0 Å². The van der Waals surface area contributed by atoms with Gasteiger partial charge in [-0.3, -0.25) is 0 Å². The fourth-order valence-electron chi connectivity index (χ4n) is 2.05. The van der Waals surface area contributed by atoms with Crippen LogP contribution in [0.2, 0.25) is 0 Å². The SMILES string of the molecule is Cc1ccc2c(c1)N=C=Nc1cc(C)ccc1OCOCO2. The van der Waals surface area contributed by atoms with Crippen LogP contribution in [-0.4, -0.2) is 19.6 Å². The number of rotatable bonds is 0. The standard InChI is InChI=1S/C17H16N2O3/c1-12-3-5-16-14(7-12)18-9-19-15-8-13(2)4-6-17(15)22-11-20-10-21-16/h3-8H,10-11H2,1-2H3. The minimum atomic E-state index is 0.0872. The number of aryl methyl sites for hydroxylation is 2. The predicted molar refractivity (Wildman–Crippen MR) is 83.6 cm³/mol. The summed E-state index contributed by atoms with van der Waals surface area (Å²) in [7, 11) is 0. The topological polar surface area (TPSA) is 52.4 Å². The van der Waals surface area contributed by atoms with E-state index in [0.717, 1.165) is 11.1 Å². The van der Waals surface area contributed by atoms with Crippen LogP contribution in [0.5, 0.6) is 11.5 Å². The molecule has 0 N–H and O–H groups in total. The van der Waals surface area contributed by atoms with E-state index in [1.807, 2.05) is 50.2 Å². The minimum Gasteiger partial charge on any atom is -0.465 e. The minimum absolute atomic E-state index is 0.0872. The number of ether oxygens (including phenoxy) is 3. The van der Waals surface area contributed by atoms with E-state index in [-0.39, 0.29) is 13.6 Å². The van der Waals surface area contributed by atoms with Crippen molar-refractivity contribution < 1.29 is 14.2 Å². The normalized spacial score (nSPS) is 13.9. The number of hydrogen-bond donors (Lipinski definition) is 0. The molecule has 0 saturated heterocycles. The summed E-state index contributed by atoms with van der Waals surface area (Å²) >= 11 is 0. The van der Waals surface area contributed by atoms with Gasteiger partial charge in [-0.15, -0.1) is 0 Å². The van der Waals surface area contributed by atoms with Crippen molar-refractivity contribution in [1.82, 2.24) is 0 Å². The number of hydrogen-bond acceptors (Lipinski definition) is 5. The Labute approximate surface area is 128 Å². The maximum Gasteiger partial charge on any atom is 0.192 e. The number of nitrogens with zero attached hydrogens (tertiary/aromatic N) is 2. The van der Waals surface area contributed by atoms with Crippen molar-refractivity contribution in [3.05, 3.63) is 47.5 Å². The molecule has 22 heavy (non-hydrogen) atoms. The zero-order chi connectivity index (χ0) is 15.4. The summed E-state index contributed by atoms with van der Waals surface area (Å²) in [6, 6.07) is 14.2. The first-order valence-electron chi connectivity index (χ1n) is 6.93. The van der Waals surface area contributed by atoms with E-state index in [0.29, 0.717) is 22.9 Å². The molecule has 1 aliphatic rings. The molecule has 0 amide bonds. The van der Waals surface area contributed by atoms with Crippen LogP contribution in [0.4, 0.5) is 11.4 Å². The molecule has 2 aromatic carbocycles. The third-order valence-corrected chi connectivity index (χ3v) is 3.17. The van der Waals surface area contributed by atoms with Gasteiger partial charge in [-0.1, -0.05) is 12.1 Å². The van der Waals surface area contributed by atoms with E-state index < -0.39 is 0 Å². The average molecular weight is 296 g/mol. The first kappa shape index (κ1) is 14.3. The number of fused-ring (bicyclic) bond motifs is 2. The molecule has 0 saturated carbocycles. The molecule has 5 heteroatoms. The van der Waals surface area contributed by atoms with Gasteiger partial charge >= 0.3 is 0 Å². The lowest BCUT2D eigenvalue weighted by Crippen LogP contribution is -2.09. The Morgan fingerprint density at radius 2 is 1.32 bits per heavy atom. The molecule has 0 fully saturated rings. The van der Waals surface area contributed by atoms with Gasteiger partial charge in [0, 0.05) is 0 Å². The fraction of sp³-hybridized carbons (Fsp3) is 0.235. The average Bonchev–Trinajstić information content (AvgIpc) is 2.49. The maximum atomic E-state index is 5.54. The molecular formula is C17H16N2O3. The lowest BCUT2D eigenvalue weighted by atomic mass is 10.2. The van der Waals surface area contributed by atoms with Crippen molar-refractivity contribution in [3.63, 3.8) is 0 Å². The van der Waals surface area contributed by atoms with E-state index in [2.05, 4.69) is 16.0 Å². The van der Waals surface area contributed by atoms with Crippen molar-refractivity contribution in [2.24, 2.45) is 9.98 Å². The van der Waals surface area contributed by atoms with Gasteiger partial charge < -0.3 is 14.2 Å². The molecule has 1 aliphatic heterocycles. The molecule has 0 aliphatic carbocycles. The van der Waals surface area contributed by atoms with Crippen LogP contribution in [0.15, 0.2) is 46.4 Å². The van der Waals surface area contributed by atoms with Crippen molar-refractivity contribution >= 4 is 17.4 Å². The second-order valence-corrected chi connectivity index (χ2v) is 4.99. The van der Waals surface area contributed by atoms with Crippen LogP contribution in [0, 0.1) is 13.8 Å². The summed E-state index contributed by atoms with van der Waals surface area (Å²) in [5.41, 5.74) is 3.51. The van der Waals surface area contributed by atoms with Gasteiger partial charge in [-0.05, 0) is 49.2 Å². The highest BCUT2D eigenvalue weighted by Crippen LogP contribution is 2.30. The molecule has 3 rings (SSSR count). The van der Waals surface area contributed by atoms with Crippen LogP contribution in [0.1, 0.15) is 11.1 Å². The lowest BCUT2D eigenvalue weighted by molar-refractivity contribution is -0.0533. The summed E-state index contributed by atoms with van der Waals surface area (Å²) in [6.07, 6.45) is 0. The molecular weight excluding hydrogens is 280 g/mol. The van der Waals surface area contributed by atoms with Crippen LogP contribution < -0.4 is 9.47 Å². The Hall–Kier alpha value is -2.62. The summed E-state index contributed by atoms with van der Waals surface area (Å²) in [6.45, 7) is 4.16. The molecule has 0 unspecified atom stereocenters. The molecule has 0 radical (unpaired) electrons. The molecule has 5 nitrogen and oxygen atoms in total. The Bertz CT molecular complexity index is 690. The molecule has 112 valence electrons. The van der Waals surface area contributed by atoms with Gasteiger partial charge in [0.25, 0.3) is 0 Å². The van der Waals surface area contributed by atoms with Crippen molar-refractivity contribution in [2.45, 2.75) is 13.8 Å². The van der Waals surface area contributed by atoms with Crippen LogP contribution in [0.3, 0.4) is 0 Å². The smallest absolute Gasteiger partial charge is 0.192 e. The Morgan fingerprint density at radius 3 is 1.82 bits per heavy atom. The summed E-state index contributed by atoms with van der Waals surface area (Å²) in [5.74, 6) is 1.25. The van der Waals surface area contributed by atoms with E-state index in [1.165, 1.54) is 0 Å². The fourth-order valence-corrected chi connectivity index (χ4v) is 2.05. The van der Waals surface area contributed by atoms with Gasteiger partial charge in [0.15, 0.2) is 13.6 Å². The van der Waals surface area contributed by atoms with Gasteiger partial charge in [-0.25, -0.2) is 0 Å². The second-order valence-electron chi connectivity index (χ2n) is 4.99. The highest BCUT2D eigenvalue weighted by molar-refractivity contribution is 5.65. The highest BCUT2D eigenvalue weighted by Gasteiger charge is 2.06. The maximum absolute atomic E-state index is 5.54. The monoisotopic (exact) mass is 296 g/mol. The van der Waals surface area contributed by atoms with Crippen molar-refractivity contribution in [3.8, 4) is 11.5 Å². The third-order valence-electron chi connectivity index (χ3n) is 3.17. The molecule has 0 bridgehead atoms. The summed E-state index contributed by atoms with van der Waals surface area (Å²) in [5, 5.41) is 0. The lowest BCUT2D eigenvalue weighted by Gasteiger charge is -2.12. The van der Waals surface area contributed by atoms with Crippen molar-refractivity contribution in [2.75, 3.05) is 13.6 Å². The quantitative estimate of drug-likeness (QED) is 0.734. The highest BCUT2D eigenvalue weighted by atomic mass is 16.7. The van der Waals surface area contributed by atoms with E-state index >= 15 is 0 Å². The first-order chi connectivity index (χ1) is 10.7. The largest absolute Gasteiger partial charge is 0.465 e. The number of aliphatic imine (C=N–C) groups is 2. The Morgan fingerprint density at radius 1 is 0.818 bits per heavy atom. The zero-order valence-corrected chi connectivity index (χ0v) is 12.5. The van der Waals surface area contributed by atoms with Gasteiger partial charge in [0.2, 0.25) is 0 Å². The number of benzene rings is 2. The summed E-state index contributed by atoms with van der Waals surface area (Å²) in [4.78, 5) is 8.51. The second kappa shape index (κ2) is 6.43. The molecule has 0 atom stereocenters. The Balaban J connectivity index is 2.04. The summed E-state index contributed by atoms with van der Waals surface area (Å²) < 4.78 is 16.4. The van der Waals surface area contributed by atoms with E-state index in [1.54, 1.807) is 0 Å². The first-order valence-corrected chi connectivity index (χ1v) is 6.93. The molecule has 1 heterocycles. The molecule has 2 aromatic rings. The predicted octanol–water partition coefficient (Wildman–Crippen LogP) is 4.14. The van der Waals surface area contributed by atoms with Gasteiger partial charge in [-0.2, -0.15) is 9.98 Å². The third kappa shape index (κ3) is 3.34. The molecule has 0 spiro atoms. The van der Waals surface area contributed by atoms with E-state index in [4.69, 9.17) is 14.2 Å². The van der Waals surface area contributed by atoms with Crippen LogP contribution in [0.25, 0.3) is 0 Å². The zero-order valence-electron chi connectivity index (χ0n) is 12.5. The van der Waals surface area contributed by atoms with Crippen molar-refractivity contribution in [1.29, 1.82) is 0 Å². The van der Waals surface area contributed by atoms with Crippen LogP contribution >= 0.6 is 0 Å². The van der Waals surface area contributed by atoms with E-state index in [9.17, 15) is 0 Å².